The van der Waals surface area contributed by atoms with Crippen LogP contribution in [0.25, 0.3) is 45.0 Å². The third-order valence-corrected chi connectivity index (χ3v) is 20.5. The van der Waals surface area contributed by atoms with Crippen LogP contribution in [0.3, 0.4) is 0 Å². The van der Waals surface area contributed by atoms with Crippen molar-refractivity contribution in [1.82, 2.24) is 29.7 Å². The van der Waals surface area contributed by atoms with Gasteiger partial charge in [0.25, 0.3) is 23.6 Å². The summed E-state index contributed by atoms with van der Waals surface area (Å²) in [7, 11) is 3.70. The molecule has 0 bridgehead atoms. The van der Waals surface area contributed by atoms with Crippen molar-refractivity contribution in [2.45, 2.75) is 51.5 Å². The summed E-state index contributed by atoms with van der Waals surface area (Å²) in [5.74, 6) is 1.05. The Bertz CT molecular complexity index is 5510. The van der Waals surface area contributed by atoms with Crippen LogP contribution in [0, 0.1) is 5.41 Å². The number of nitrogens with one attached hydrogen (secondary N) is 5. The number of amides is 4. The molecule has 0 unspecified atom stereocenters. The van der Waals surface area contributed by atoms with E-state index in [0.717, 1.165) is 113 Å². The molecule has 14 rings (SSSR count). The number of anilines is 4. The Hall–Kier alpha value is -12.8. The SMILES string of the molecule is CCCN=C(N)c1ccc(C(=O)Nc2ccc(Cl)c(-c3ccccn3)c2)cc1.CN1CCN(C(=N)c2ccc(C(=O)Nc3ccc(Cl)c(-c4ccccn4)c3)cc2)CC1.COCCN=C(N)c1ccc(C(=O)Nc2ccc(Cl)c(-c3ccccn3)c2)cc1.NC(=NC1CCCCC1)c1ccc(C(=O)Nc2ccc(Cl)c(-c3ccccn3)c2)cc1. The summed E-state index contributed by atoms with van der Waals surface area (Å²) in [6, 6.07) is 72.4. The zero-order valence-electron chi connectivity index (χ0n) is 66.0. The average molecular weight is 1670 g/mol. The molecule has 0 spiro atoms. The van der Waals surface area contributed by atoms with E-state index in [9.17, 15) is 19.2 Å². The number of nitrogens with two attached hydrogens (primary N) is 3. The normalized spacial score (nSPS) is 13.0. The molecule has 5 heterocycles. The lowest BCUT2D eigenvalue weighted by atomic mass is 9.96. The Balaban J connectivity index is 0.000000156. The molecule has 22 nitrogen and oxygen atoms in total. The van der Waals surface area contributed by atoms with Crippen LogP contribution in [0.4, 0.5) is 22.7 Å². The van der Waals surface area contributed by atoms with Gasteiger partial charge < -0.3 is 53.0 Å². The highest BCUT2D eigenvalue weighted by molar-refractivity contribution is 6.35. The molecular formula is C93H91Cl4N17O5. The fourth-order valence-corrected chi connectivity index (χ4v) is 13.5. The lowest BCUT2D eigenvalue weighted by Gasteiger charge is -2.34. The topological polar surface area (TPSA) is 323 Å². The molecule has 4 aromatic heterocycles. The van der Waals surface area contributed by atoms with Gasteiger partial charge >= 0.3 is 0 Å². The van der Waals surface area contributed by atoms with Crippen LogP contribution in [-0.4, -0.2) is 143 Å². The molecule has 0 radical (unpaired) electrons. The zero-order chi connectivity index (χ0) is 84.0. The molecule has 4 amide bonds. The number of halogens is 4. The minimum atomic E-state index is -0.235. The summed E-state index contributed by atoms with van der Waals surface area (Å²) in [4.78, 5) is 85.4. The number of rotatable bonds is 22. The molecule has 11 N–H and O–H groups in total. The summed E-state index contributed by atoms with van der Waals surface area (Å²) in [5, 5.41) is 22.4. The predicted octanol–water partition coefficient (Wildman–Crippen LogP) is 18.7. The molecule has 8 aromatic carbocycles. The fourth-order valence-electron chi connectivity index (χ4n) is 12.6. The summed E-state index contributed by atoms with van der Waals surface area (Å²) < 4.78 is 4.95. The van der Waals surface area contributed by atoms with Gasteiger partial charge in [0.05, 0.1) is 62.1 Å². The van der Waals surface area contributed by atoms with E-state index in [1.165, 1.54) is 19.3 Å². The summed E-state index contributed by atoms with van der Waals surface area (Å²) in [6.07, 6.45) is 13.7. The molecule has 2 aliphatic rings. The molecule has 2 fully saturated rings. The fraction of sp³-hybridized carbons (Fsp3) is 0.183. The number of ether oxygens (including phenoxy) is 1. The Morgan fingerprint density at radius 1 is 0.412 bits per heavy atom. The van der Waals surface area contributed by atoms with Gasteiger partial charge in [-0.05, 0) is 196 Å². The molecule has 1 saturated heterocycles. The summed E-state index contributed by atoms with van der Waals surface area (Å²) >= 11 is 25.2. The second-order valence-electron chi connectivity index (χ2n) is 27.7. The van der Waals surface area contributed by atoms with Crippen molar-refractivity contribution < 1.29 is 23.9 Å². The number of hydrogen-bond acceptors (Lipinski definition) is 14. The standard InChI is InChI=1S/C25H25ClN4O.C24H24ClN5O.C22H21ClN4O2.C22H21ClN4O/c26-22-14-13-20(16-21(22)23-8-4-5-15-28-23)30-25(31)18-11-9-17(10-12-18)24(27)29-19-6-2-1-3-7-19;1-29-12-14-30(15-13-29)23(26)17-5-7-18(8-6-17)24(31)28-19-9-10-21(25)20(16-19)22-4-2-3-11-27-22;1-29-13-12-26-21(24)15-5-7-16(8-6-15)22(28)27-17-9-10-19(23)18(14-17)20-4-2-3-11-25-20;1-2-12-26-21(24)15-6-8-16(9-7-15)22(28)27-17-10-11-19(23)18(14-17)20-5-3-4-13-25-20/h4-5,8-16,19H,1-3,6-7H2,(H2,27,29)(H,30,31);2-11,16,26H,12-15H2,1H3,(H,28,31);2-11,14H,12-13H2,1H3,(H2,24,26)(H,27,28);3-11,13-14H,2,12H2,1H3,(H2,24,26)(H,27,28). The second-order valence-corrected chi connectivity index (χ2v) is 29.4. The van der Waals surface area contributed by atoms with E-state index in [1.54, 1.807) is 159 Å². The van der Waals surface area contributed by atoms with Crippen molar-refractivity contribution in [3.05, 3.63) is 332 Å². The molecule has 12 aromatic rings. The number of hydrogen-bond donors (Lipinski definition) is 8. The first kappa shape index (κ1) is 87.0. The number of piperazine rings is 1. The van der Waals surface area contributed by atoms with Crippen LogP contribution >= 0.6 is 46.4 Å². The first-order valence-electron chi connectivity index (χ1n) is 38.7. The van der Waals surface area contributed by atoms with E-state index in [2.05, 4.69) is 73.0 Å². The third kappa shape index (κ3) is 25.4. The average Bonchev–Trinajstić information content (AvgIpc) is 0.834. The van der Waals surface area contributed by atoms with Gasteiger partial charge in [0.1, 0.15) is 23.3 Å². The van der Waals surface area contributed by atoms with Crippen LogP contribution in [0.5, 0.6) is 0 Å². The maximum Gasteiger partial charge on any atom is 0.255 e. The smallest absolute Gasteiger partial charge is 0.255 e. The van der Waals surface area contributed by atoms with Gasteiger partial charge in [0.2, 0.25) is 0 Å². The van der Waals surface area contributed by atoms with Gasteiger partial charge in [-0.3, -0.25) is 59.5 Å². The molecule has 26 heteroatoms. The lowest BCUT2D eigenvalue weighted by molar-refractivity contribution is 0.101. The number of methoxy groups -OCH3 is 1. The Labute approximate surface area is 712 Å². The van der Waals surface area contributed by atoms with Crippen molar-refractivity contribution >= 4 is 116 Å². The highest BCUT2D eigenvalue weighted by atomic mass is 35.5. The van der Waals surface area contributed by atoms with Crippen molar-refractivity contribution in [2.75, 3.05) is 81.3 Å². The Morgan fingerprint density at radius 2 is 0.714 bits per heavy atom. The molecule has 0 atom stereocenters. The van der Waals surface area contributed by atoms with Crippen molar-refractivity contribution in [3.8, 4) is 45.0 Å². The van der Waals surface area contributed by atoms with E-state index < -0.39 is 0 Å². The van der Waals surface area contributed by atoms with Gasteiger partial charge in [-0.25, -0.2) is 0 Å². The number of pyridine rings is 4. The summed E-state index contributed by atoms with van der Waals surface area (Å²) in [6.45, 7) is 7.29. The number of likely N-dealkylation sites (N-methyl/N-ethyl adjacent to an activating group) is 1. The van der Waals surface area contributed by atoms with Gasteiger partial charge in [0.15, 0.2) is 0 Å². The van der Waals surface area contributed by atoms with Crippen molar-refractivity contribution in [2.24, 2.45) is 32.2 Å². The third-order valence-electron chi connectivity index (χ3n) is 19.2. The first-order valence-corrected chi connectivity index (χ1v) is 40.2. The van der Waals surface area contributed by atoms with Crippen molar-refractivity contribution in [1.29, 1.82) is 5.41 Å². The van der Waals surface area contributed by atoms with Crippen LogP contribution in [0.15, 0.2) is 282 Å². The van der Waals surface area contributed by atoms with Gasteiger partial charge in [0, 0.05) is 154 Å². The van der Waals surface area contributed by atoms with E-state index >= 15 is 0 Å². The highest BCUT2D eigenvalue weighted by Crippen LogP contribution is 2.34. The maximum absolute atomic E-state index is 12.7. The van der Waals surface area contributed by atoms with Crippen LogP contribution < -0.4 is 38.5 Å². The van der Waals surface area contributed by atoms with E-state index in [4.69, 9.17) is 73.8 Å². The van der Waals surface area contributed by atoms with Crippen LogP contribution in [0.2, 0.25) is 20.1 Å². The largest absolute Gasteiger partial charge is 0.384 e. The predicted molar refractivity (Wildman–Crippen MR) is 483 cm³/mol. The molecule has 1 saturated carbocycles. The minimum Gasteiger partial charge on any atom is -0.384 e. The molecule has 1 aliphatic heterocycles. The number of carbonyl (C=O) groups excluding carboxylic acids is 4. The summed E-state index contributed by atoms with van der Waals surface area (Å²) in [5.41, 5.74) is 32.0. The number of aliphatic imine (C=N–C) groups is 3. The van der Waals surface area contributed by atoms with Gasteiger partial charge in [-0.15, -0.1) is 0 Å². The number of amidine groups is 4. The van der Waals surface area contributed by atoms with E-state index in [0.29, 0.717) is 114 Å². The number of carbonyl (C=O) groups is 4. The first-order chi connectivity index (χ1) is 57.8. The van der Waals surface area contributed by atoms with Crippen LogP contribution in [-0.2, 0) is 4.74 Å². The minimum absolute atomic E-state index is 0.205. The monoisotopic (exact) mass is 1670 g/mol. The lowest BCUT2D eigenvalue weighted by Crippen LogP contribution is -2.47. The molecule has 119 heavy (non-hydrogen) atoms. The quantitative estimate of drug-likeness (QED) is 0.0178. The van der Waals surface area contributed by atoms with E-state index in [-0.39, 0.29) is 23.6 Å². The Kier molecular flexibility index (Phi) is 32.2. The molecule has 1 aliphatic carbocycles. The van der Waals surface area contributed by atoms with Crippen LogP contribution in [0.1, 0.15) is 109 Å². The maximum atomic E-state index is 12.7. The second kappa shape index (κ2) is 44.0. The molecule has 606 valence electrons. The number of aromatic nitrogens is 4. The van der Waals surface area contributed by atoms with Gasteiger partial charge in [-0.2, -0.15) is 0 Å². The zero-order valence-corrected chi connectivity index (χ0v) is 69.0. The molecular weight excluding hydrogens is 1580 g/mol. The number of nitrogens with zero attached hydrogens (tertiary/aromatic N) is 9. The van der Waals surface area contributed by atoms with Crippen molar-refractivity contribution in [3.63, 3.8) is 0 Å². The number of benzene rings is 8. The highest BCUT2D eigenvalue weighted by Gasteiger charge is 2.21. The van der Waals surface area contributed by atoms with Gasteiger partial charge in [-0.1, -0.05) is 145 Å². The van der Waals surface area contributed by atoms with E-state index in [1.807, 2.05) is 122 Å². The Morgan fingerprint density at radius 3 is 1.02 bits per heavy atom.